The number of nitro groups is 1. The first-order valence-electron chi connectivity index (χ1n) is 5.95. The summed E-state index contributed by atoms with van der Waals surface area (Å²) in [4.78, 5) is 21.9. The van der Waals surface area contributed by atoms with Crippen LogP contribution < -0.4 is 11.1 Å². The summed E-state index contributed by atoms with van der Waals surface area (Å²) in [6.07, 6.45) is 3.97. The Labute approximate surface area is 119 Å². The molecule has 1 aromatic carbocycles. The van der Waals surface area contributed by atoms with Crippen molar-refractivity contribution in [3.05, 3.63) is 33.6 Å². The Morgan fingerprint density at radius 1 is 1.60 bits per heavy atom. The van der Waals surface area contributed by atoms with Crippen molar-refractivity contribution in [3.8, 4) is 0 Å². The molecule has 20 heavy (non-hydrogen) atoms. The SMILES string of the molecule is CSC1(CNC(=O)c2cc(F)cc([N+](=O)[O-])c2N)CC1. The van der Waals surface area contributed by atoms with Crippen molar-refractivity contribution in [1.29, 1.82) is 0 Å². The van der Waals surface area contributed by atoms with Crippen molar-refractivity contribution in [1.82, 2.24) is 5.32 Å². The number of halogens is 1. The molecule has 1 aliphatic rings. The van der Waals surface area contributed by atoms with Crippen molar-refractivity contribution in [2.45, 2.75) is 17.6 Å². The fourth-order valence-electron chi connectivity index (χ4n) is 1.87. The van der Waals surface area contributed by atoms with Crippen LogP contribution in [0.5, 0.6) is 0 Å². The fourth-order valence-corrected chi connectivity index (χ4v) is 2.60. The molecule has 0 heterocycles. The second-order valence-electron chi connectivity index (χ2n) is 4.71. The Morgan fingerprint density at radius 2 is 2.25 bits per heavy atom. The third-order valence-corrected chi connectivity index (χ3v) is 4.79. The van der Waals surface area contributed by atoms with Crippen LogP contribution in [-0.4, -0.2) is 28.4 Å². The zero-order chi connectivity index (χ0) is 14.9. The molecule has 0 radical (unpaired) electrons. The fraction of sp³-hybridized carbons (Fsp3) is 0.417. The van der Waals surface area contributed by atoms with E-state index < -0.39 is 22.3 Å². The normalized spacial score (nSPS) is 15.7. The molecule has 0 bridgehead atoms. The summed E-state index contributed by atoms with van der Waals surface area (Å²) in [6, 6.07) is 1.62. The van der Waals surface area contributed by atoms with Crippen molar-refractivity contribution in [3.63, 3.8) is 0 Å². The Hall–Kier alpha value is -1.83. The lowest BCUT2D eigenvalue weighted by molar-refractivity contribution is -0.384. The molecule has 0 spiro atoms. The van der Waals surface area contributed by atoms with Crippen LogP contribution in [0.3, 0.4) is 0 Å². The van der Waals surface area contributed by atoms with E-state index in [1.54, 1.807) is 11.8 Å². The van der Waals surface area contributed by atoms with Gasteiger partial charge in [-0.25, -0.2) is 4.39 Å². The lowest BCUT2D eigenvalue weighted by Crippen LogP contribution is -2.32. The van der Waals surface area contributed by atoms with Crippen molar-refractivity contribution in [2.75, 3.05) is 18.5 Å². The number of carbonyl (C=O) groups is 1. The van der Waals surface area contributed by atoms with Gasteiger partial charge in [-0.3, -0.25) is 14.9 Å². The van der Waals surface area contributed by atoms with E-state index in [9.17, 15) is 19.3 Å². The van der Waals surface area contributed by atoms with Crippen molar-refractivity contribution in [2.24, 2.45) is 0 Å². The zero-order valence-electron chi connectivity index (χ0n) is 10.8. The van der Waals surface area contributed by atoms with Gasteiger partial charge in [0.2, 0.25) is 0 Å². The minimum absolute atomic E-state index is 0.0453. The van der Waals surface area contributed by atoms with Crippen molar-refractivity contribution < 1.29 is 14.1 Å². The molecule has 3 N–H and O–H groups in total. The van der Waals surface area contributed by atoms with Gasteiger partial charge in [0.15, 0.2) is 0 Å². The summed E-state index contributed by atoms with van der Waals surface area (Å²) in [5.41, 5.74) is 4.45. The van der Waals surface area contributed by atoms with E-state index in [-0.39, 0.29) is 16.0 Å². The Bertz CT molecular complexity index is 575. The molecule has 0 saturated heterocycles. The number of nitrogens with zero attached hydrogens (tertiary/aromatic N) is 1. The number of thioether (sulfide) groups is 1. The number of rotatable bonds is 5. The maximum Gasteiger partial charge on any atom is 0.295 e. The van der Waals surface area contributed by atoms with Gasteiger partial charge >= 0.3 is 0 Å². The van der Waals surface area contributed by atoms with Crippen LogP contribution in [0.4, 0.5) is 15.8 Å². The van der Waals surface area contributed by atoms with E-state index in [0.717, 1.165) is 18.9 Å². The van der Waals surface area contributed by atoms with Gasteiger partial charge in [0, 0.05) is 11.3 Å². The summed E-state index contributed by atoms with van der Waals surface area (Å²) in [5.74, 6) is -1.45. The molecule has 108 valence electrons. The largest absolute Gasteiger partial charge is 0.393 e. The Balaban J connectivity index is 2.19. The standard InChI is InChI=1S/C12H14FN3O3S/c1-20-12(2-3-12)6-15-11(17)8-4-7(13)5-9(10(8)14)16(18)19/h4-5H,2-3,6,14H2,1H3,(H,15,17). The number of nitrogen functional groups attached to an aromatic ring is 1. The molecule has 1 aromatic rings. The average Bonchev–Trinajstić information content (AvgIpc) is 3.18. The van der Waals surface area contributed by atoms with Gasteiger partial charge in [-0.2, -0.15) is 11.8 Å². The first-order valence-corrected chi connectivity index (χ1v) is 7.18. The third kappa shape index (κ3) is 2.84. The predicted molar refractivity (Wildman–Crippen MR) is 75.3 cm³/mol. The van der Waals surface area contributed by atoms with Gasteiger partial charge in [-0.05, 0) is 25.2 Å². The van der Waals surface area contributed by atoms with E-state index in [1.807, 2.05) is 6.26 Å². The van der Waals surface area contributed by atoms with Crippen LogP contribution in [0, 0.1) is 15.9 Å². The zero-order valence-corrected chi connectivity index (χ0v) is 11.6. The molecule has 0 atom stereocenters. The molecule has 1 fully saturated rings. The molecular weight excluding hydrogens is 285 g/mol. The quantitative estimate of drug-likeness (QED) is 0.492. The molecule has 1 amide bonds. The summed E-state index contributed by atoms with van der Waals surface area (Å²) in [7, 11) is 0. The highest BCUT2D eigenvalue weighted by Crippen LogP contribution is 2.46. The predicted octanol–water partition coefficient (Wildman–Crippen LogP) is 1.94. The van der Waals surface area contributed by atoms with E-state index in [2.05, 4.69) is 5.32 Å². The molecule has 2 rings (SSSR count). The van der Waals surface area contributed by atoms with Crippen LogP contribution in [0.25, 0.3) is 0 Å². The van der Waals surface area contributed by atoms with Gasteiger partial charge in [0.25, 0.3) is 11.6 Å². The van der Waals surface area contributed by atoms with Crippen molar-refractivity contribution >= 4 is 29.0 Å². The number of amides is 1. The highest BCUT2D eigenvalue weighted by Gasteiger charge is 2.42. The molecule has 1 aliphatic carbocycles. The first-order chi connectivity index (χ1) is 9.38. The monoisotopic (exact) mass is 299 g/mol. The molecule has 1 saturated carbocycles. The maximum absolute atomic E-state index is 13.3. The number of hydrogen-bond donors (Lipinski definition) is 2. The molecule has 0 aromatic heterocycles. The highest BCUT2D eigenvalue weighted by molar-refractivity contribution is 8.00. The molecular formula is C12H14FN3O3S. The number of benzene rings is 1. The molecule has 0 unspecified atom stereocenters. The molecule has 8 heteroatoms. The lowest BCUT2D eigenvalue weighted by Gasteiger charge is -2.13. The van der Waals surface area contributed by atoms with Gasteiger partial charge in [-0.1, -0.05) is 0 Å². The van der Waals surface area contributed by atoms with Gasteiger partial charge in [-0.15, -0.1) is 0 Å². The molecule has 6 nitrogen and oxygen atoms in total. The van der Waals surface area contributed by atoms with Crippen LogP contribution in [0.1, 0.15) is 23.2 Å². The second kappa shape index (κ2) is 5.28. The summed E-state index contributed by atoms with van der Waals surface area (Å²) in [5, 5.41) is 13.4. The lowest BCUT2D eigenvalue weighted by atomic mass is 10.1. The van der Waals surface area contributed by atoms with Crippen LogP contribution in [0.2, 0.25) is 0 Å². The van der Waals surface area contributed by atoms with E-state index in [1.165, 1.54) is 0 Å². The first kappa shape index (κ1) is 14.6. The molecule has 0 aliphatic heterocycles. The van der Waals surface area contributed by atoms with Gasteiger partial charge in [0.1, 0.15) is 11.5 Å². The Morgan fingerprint density at radius 3 is 2.75 bits per heavy atom. The number of anilines is 1. The average molecular weight is 299 g/mol. The van der Waals surface area contributed by atoms with Gasteiger partial charge < -0.3 is 11.1 Å². The number of nitrogens with two attached hydrogens (primary N) is 1. The Kier molecular flexibility index (Phi) is 3.85. The van der Waals surface area contributed by atoms with E-state index >= 15 is 0 Å². The number of nitrogens with one attached hydrogen (secondary N) is 1. The van der Waals surface area contributed by atoms with Gasteiger partial charge in [0.05, 0.1) is 16.6 Å². The minimum atomic E-state index is -0.859. The second-order valence-corrected chi connectivity index (χ2v) is 5.99. The number of hydrogen-bond acceptors (Lipinski definition) is 5. The van der Waals surface area contributed by atoms with Crippen LogP contribution >= 0.6 is 11.8 Å². The smallest absolute Gasteiger partial charge is 0.295 e. The maximum atomic E-state index is 13.3. The van der Waals surface area contributed by atoms with Crippen LogP contribution in [-0.2, 0) is 0 Å². The van der Waals surface area contributed by atoms with E-state index in [0.29, 0.717) is 12.6 Å². The summed E-state index contributed by atoms with van der Waals surface area (Å²) in [6.45, 7) is 0.441. The topological polar surface area (TPSA) is 98.3 Å². The third-order valence-electron chi connectivity index (χ3n) is 3.38. The van der Waals surface area contributed by atoms with Crippen LogP contribution in [0.15, 0.2) is 12.1 Å². The number of nitro benzene ring substituents is 1. The highest BCUT2D eigenvalue weighted by atomic mass is 32.2. The summed E-state index contributed by atoms with van der Waals surface area (Å²) >= 11 is 1.66. The number of carbonyl (C=O) groups excluding carboxylic acids is 1. The van der Waals surface area contributed by atoms with E-state index in [4.69, 9.17) is 5.73 Å². The summed E-state index contributed by atoms with van der Waals surface area (Å²) < 4.78 is 13.4. The minimum Gasteiger partial charge on any atom is -0.393 e.